The first kappa shape index (κ1) is 21.5. The van der Waals surface area contributed by atoms with E-state index in [-0.39, 0.29) is 17.2 Å². The highest BCUT2D eigenvalue weighted by Gasteiger charge is 2.50. The second kappa shape index (κ2) is 7.74. The molecule has 0 radical (unpaired) electrons. The smallest absolute Gasteiger partial charge is 0.371 e. The zero-order valence-corrected chi connectivity index (χ0v) is 17.1. The number of amides is 2. The van der Waals surface area contributed by atoms with Crippen LogP contribution >= 0.6 is 0 Å². The number of nitriles is 1. The molecule has 2 N–H and O–H groups in total. The zero-order valence-electron chi connectivity index (χ0n) is 17.1. The van der Waals surface area contributed by atoms with E-state index in [4.69, 9.17) is 11.0 Å². The monoisotopic (exact) mass is 434 g/mol. The number of benzene rings is 1. The van der Waals surface area contributed by atoms with E-state index in [1.165, 1.54) is 6.07 Å². The van der Waals surface area contributed by atoms with Crippen LogP contribution in [0.4, 0.5) is 18.9 Å². The maximum Gasteiger partial charge on any atom is 0.417 e. The van der Waals surface area contributed by atoms with Crippen molar-refractivity contribution in [1.82, 2.24) is 4.90 Å². The van der Waals surface area contributed by atoms with Crippen molar-refractivity contribution in [3.8, 4) is 6.07 Å². The summed E-state index contributed by atoms with van der Waals surface area (Å²) < 4.78 is 39.9. The zero-order chi connectivity index (χ0) is 22.4. The lowest BCUT2D eigenvalue weighted by atomic mass is 9.76. The van der Waals surface area contributed by atoms with Gasteiger partial charge in [-0.2, -0.15) is 18.4 Å². The number of carbonyl (C=O) groups excluding carboxylic acids is 2. The minimum absolute atomic E-state index is 0.0104. The highest BCUT2D eigenvalue weighted by atomic mass is 19.4. The van der Waals surface area contributed by atoms with E-state index in [0.29, 0.717) is 44.6 Å². The molecular formula is C22H25F3N4O2. The van der Waals surface area contributed by atoms with Crippen molar-refractivity contribution < 1.29 is 22.8 Å². The average molecular weight is 434 g/mol. The Balaban J connectivity index is 1.49. The minimum atomic E-state index is -4.60. The Bertz CT molecular complexity index is 928. The second-order valence-corrected chi connectivity index (χ2v) is 9.04. The maximum atomic E-state index is 13.3. The number of hydrogen-bond donors (Lipinski definition) is 1. The number of nitrogens with zero attached hydrogens (tertiary/aromatic N) is 3. The van der Waals surface area contributed by atoms with Crippen LogP contribution in [0.15, 0.2) is 18.2 Å². The third-order valence-electron chi connectivity index (χ3n) is 7.19. The summed E-state index contributed by atoms with van der Waals surface area (Å²) in [5.74, 6) is -0.498. The van der Waals surface area contributed by atoms with E-state index in [2.05, 4.69) is 0 Å². The van der Waals surface area contributed by atoms with Gasteiger partial charge >= 0.3 is 6.18 Å². The van der Waals surface area contributed by atoms with Crippen molar-refractivity contribution in [3.63, 3.8) is 0 Å². The fraction of sp³-hybridized carbons (Fsp3) is 0.591. The first-order chi connectivity index (χ1) is 14.6. The van der Waals surface area contributed by atoms with Crippen molar-refractivity contribution >= 4 is 17.5 Å². The predicted molar refractivity (Wildman–Crippen MR) is 107 cm³/mol. The van der Waals surface area contributed by atoms with Gasteiger partial charge in [-0.05, 0) is 55.7 Å². The molecule has 1 unspecified atom stereocenters. The van der Waals surface area contributed by atoms with Gasteiger partial charge in [-0.25, -0.2) is 0 Å². The highest BCUT2D eigenvalue weighted by molar-refractivity contribution is 5.88. The molecule has 9 heteroatoms. The van der Waals surface area contributed by atoms with Crippen molar-refractivity contribution in [1.29, 1.82) is 5.26 Å². The largest absolute Gasteiger partial charge is 0.417 e. The lowest BCUT2D eigenvalue weighted by molar-refractivity contribution is -0.143. The van der Waals surface area contributed by atoms with E-state index >= 15 is 0 Å². The standard InChI is InChI=1S/C22H25F3N4O2/c23-22(24,25)17-10-16(5-4-15(17)12-26)28-8-6-21(7-9-28)11-18(19(27)30)29(13-21)20(31)14-2-1-3-14/h4-5,10,14,18H,1-3,6-9,11,13H2,(H2,27,30). The van der Waals surface area contributed by atoms with Gasteiger partial charge in [0, 0.05) is 31.2 Å². The third kappa shape index (κ3) is 3.95. The van der Waals surface area contributed by atoms with Crippen LogP contribution < -0.4 is 10.6 Å². The molecule has 1 saturated carbocycles. The molecule has 1 aromatic carbocycles. The van der Waals surface area contributed by atoms with Gasteiger partial charge < -0.3 is 15.5 Å². The number of nitrogens with two attached hydrogens (primary N) is 1. The molecule has 0 aromatic heterocycles. The molecule has 1 aromatic rings. The summed E-state index contributed by atoms with van der Waals surface area (Å²) in [4.78, 5) is 28.4. The summed E-state index contributed by atoms with van der Waals surface area (Å²) >= 11 is 0. The van der Waals surface area contributed by atoms with Gasteiger partial charge in [0.2, 0.25) is 11.8 Å². The number of primary amides is 1. The van der Waals surface area contributed by atoms with Gasteiger partial charge in [0.05, 0.1) is 17.2 Å². The van der Waals surface area contributed by atoms with Crippen molar-refractivity contribution in [2.24, 2.45) is 17.1 Å². The summed E-state index contributed by atoms with van der Waals surface area (Å²) in [5, 5.41) is 8.99. The Morgan fingerprint density at radius 2 is 1.87 bits per heavy atom. The van der Waals surface area contributed by atoms with Gasteiger partial charge in [-0.15, -0.1) is 0 Å². The molecule has 31 heavy (non-hydrogen) atoms. The molecule has 3 fully saturated rings. The van der Waals surface area contributed by atoms with Gasteiger partial charge in [-0.3, -0.25) is 9.59 Å². The summed E-state index contributed by atoms with van der Waals surface area (Å²) in [5.41, 5.74) is 4.46. The van der Waals surface area contributed by atoms with E-state index in [9.17, 15) is 22.8 Å². The molecule has 1 atom stereocenters. The number of halogens is 3. The van der Waals surface area contributed by atoms with Crippen LogP contribution in [0.2, 0.25) is 0 Å². The Labute approximate surface area is 178 Å². The van der Waals surface area contributed by atoms with Crippen LogP contribution in [0.1, 0.15) is 49.7 Å². The molecule has 1 aliphatic carbocycles. The van der Waals surface area contributed by atoms with E-state index in [1.54, 1.807) is 17.0 Å². The van der Waals surface area contributed by atoms with Gasteiger partial charge in [-0.1, -0.05) is 6.42 Å². The highest BCUT2D eigenvalue weighted by Crippen LogP contribution is 2.46. The van der Waals surface area contributed by atoms with Crippen LogP contribution in [0.3, 0.4) is 0 Å². The molecule has 2 aliphatic heterocycles. The van der Waals surface area contributed by atoms with E-state index in [0.717, 1.165) is 25.3 Å². The van der Waals surface area contributed by atoms with Crippen molar-refractivity contribution in [2.75, 3.05) is 24.5 Å². The molecular weight excluding hydrogens is 409 g/mol. The number of anilines is 1. The van der Waals surface area contributed by atoms with Gasteiger partial charge in [0.15, 0.2) is 0 Å². The molecule has 4 rings (SSSR count). The van der Waals surface area contributed by atoms with Gasteiger partial charge in [0.25, 0.3) is 0 Å². The van der Waals surface area contributed by atoms with Gasteiger partial charge in [0.1, 0.15) is 6.04 Å². The first-order valence-electron chi connectivity index (χ1n) is 10.6. The Morgan fingerprint density at radius 3 is 2.39 bits per heavy atom. The number of rotatable bonds is 3. The fourth-order valence-electron chi connectivity index (χ4n) is 5.09. The Hall–Kier alpha value is -2.76. The summed E-state index contributed by atoms with van der Waals surface area (Å²) in [7, 11) is 0. The lowest BCUT2D eigenvalue weighted by Crippen LogP contribution is -2.47. The average Bonchev–Trinajstić information content (AvgIpc) is 3.06. The van der Waals surface area contributed by atoms with E-state index < -0.39 is 29.3 Å². The maximum absolute atomic E-state index is 13.3. The topological polar surface area (TPSA) is 90.4 Å². The summed E-state index contributed by atoms with van der Waals surface area (Å²) in [6, 6.07) is 4.78. The Morgan fingerprint density at radius 1 is 1.19 bits per heavy atom. The van der Waals surface area contributed by atoms with Crippen LogP contribution in [-0.2, 0) is 15.8 Å². The molecule has 1 spiro atoms. The van der Waals surface area contributed by atoms with E-state index in [1.807, 2.05) is 4.90 Å². The molecule has 2 amide bonds. The van der Waals surface area contributed by atoms with Crippen LogP contribution in [0, 0.1) is 22.7 Å². The van der Waals surface area contributed by atoms with Crippen LogP contribution in [-0.4, -0.2) is 42.4 Å². The first-order valence-corrected chi connectivity index (χ1v) is 10.6. The molecule has 166 valence electrons. The second-order valence-electron chi connectivity index (χ2n) is 9.04. The molecule has 0 bridgehead atoms. The molecule has 6 nitrogen and oxygen atoms in total. The van der Waals surface area contributed by atoms with Crippen LogP contribution in [0.5, 0.6) is 0 Å². The molecule has 2 saturated heterocycles. The Kier molecular flexibility index (Phi) is 5.36. The number of piperidine rings is 1. The van der Waals surface area contributed by atoms with Crippen LogP contribution in [0.25, 0.3) is 0 Å². The number of alkyl halides is 3. The summed E-state index contributed by atoms with van der Waals surface area (Å²) in [6.07, 6.45) is -0.0463. The van der Waals surface area contributed by atoms with Crippen molar-refractivity contribution in [2.45, 2.75) is 50.7 Å². The number of hydrogen-bond acceptors (Lipinski definition) is 4. The fourth-order valence-corrected chi connectivity index (χ4v) is 5.09. The molecule has 3 aliphatic rings. The number of carbonyl (C=O) groups is 2. The quantitative estimate of drug-likeness (QED) is 0.792. The number of likely N-dealkylation sites (tertiary alicyclic amines) is 1. The summed E-state index contributed by atoms with van der Waals surface area (Å²) in [6.45, 7) is 1.51. The third-order valence-corrected chi connectivity index (χ3v) is 7.19. The minimum Gasteiger partial charge on any atom is -0.371 e. The predicted octanol–water partition coefficient (Wildman–Crippen LogP) is 3.05. The molecule has 2 heterocycles. The van der Waals surface area contributed by atoms with Crippen molar-refractivity contribution in [3.05, 3.63) is 29.3 Å². The normalized spacial score (nSPS) is 23.5. The SMILES string of the molecule is N#Cc1ccc(N2CCC3(CC2)CC(C(N)=O)N(C(=O)C2CCC2)C3)cc1C(F)(F)F. The lowest BCUT2D eigenvalue weighted by Gasteiger charge is -2.40.